The first kappa shape index (κ1) is 14.2. The Bertz CT molecular complexity index is 940. The fraction of sp³-hybridized carbons (Fsp3) is 0.0476. The van der Waals surface area contributed by atoms with Gasteiger partial charge in [0.1, 0.15) is 11.3 Å². The van der Waals surface area contributed by atoms with Crippen molar-refractivity contribution in [1.29, 1.82) is 0 Å². The van der Waals surface area contributed by atoms with Crippen molar-refractivity contribution < 1.29 is 4.42 Å². The monoisotopic (exact) mass is 316 g/mol. The molecule has 0 saturated heterocycles. The average Bonchev–Trinajstić information content (AvgIpc) is 2.95. The lowest BCUT2D eigenvalue weighted by atomic mass is 10.1. The lowest BCUT2D eigenvalue weighted by Gasteiger charge is -2.04. The number of hydrogen-bond donors (Lipinski definition) is 0. The Morgan fingerprint density at radius 3 is 2.22 bits per heavy atom. The molecule has 4 aromatic rings. The van der Waals surface area contributed by atoms with Crippen LogP contribution < -0.4 is 0 Å². The van der Waals surface area contributed by atoms with Crippen LogP contribution in [0.1, 0.15) is 5.56 Å². The third-order valence-corrected chi connectivity index (χ3v) is 4.91. The zero-order valence-electron chi connectivity index (χ0n) is 12.8. The molecule has 1 heterocycles. The third-order valence-electron chi connectivity index (χ3n) is 3.80. The summed E-state index contributed by atoms with van der Waals surface area (Å²) < 4.78 is 6.19. The van der Waals surface area contributed by atoms with Gasteiger partial charge in [-0.3, -0.25) is 0 Å². The minimum Gasteiger partial charge on any atom is -0.455 e. The molecule has 1 nitrogen and oxygen atoms in total. The number of hydrogen-bond acceptors (Lipinski definition) is 2. The van der Waals surface area contributed by atoms with Crippen LogP contribution in [-0.2, 0) is 0 Å². The molecule has 0 bridgehead atoms. The summed E-state index contributed by atoms with van der Waals surface area (Å²) in [6, 6.07) is 27.1. The highest BCUT2D eigenvalue weighted by molar-refractivity contribution is 7.99. The molecule has 23 heavy (non-hydrogen) atoms. The molecule has 0 atom stereocenters. The molecule has 0 spiro atoms. The van der Waals surface area contributed by atoms with Crippen LogP contribution in [0.15, 0.2) is 93.1 Å². The predicted molar refractivity (Wildman–Crippen MR) is 97.0 cm³/mol. The second kappa shape index (κ2) is 5.98. The van der Waals surface area contributed by atoms with Gasteiger partial charge in [-0.25, -0.2) is 0 Å². The highest BCUT2D eigenvalue weighted by Gasteiger charge is 2.17. The van der Waals surface area contributed by atoms with Crippen LogP contribution in [0.2, 0.25) is 0 Å². The fourth-order valence-electron chi connectivity index (χ4n) is 2.68. The molecular formula is C21H16OS. The van der Waals surface area contributed by atoms with E-state index in [1.165, 1.54) is 20.7 Å². The van der Waals surface area contributed by atoms with Crippen molar-refractivity contribution in [3.8, 4) is 11.3 Å². The maximum atomic E-state index is 6.19. The van der Waals surface area contributed by atoms with Gasteiger partial charge in [-0.2, -0.15) is 0 Å². The van der Waals surface area contributed by atoms with E-state index >= 15 is 0 Å². The van der Waals surface area contributed by atoms with Gasteiger partial charge in [-0.05, 0) is 31.2 Å². The van der Waals surface area contributed by atoms with Crippen LogP contribution >= 0.6 is 11.8 Å². The van der Waals surface area contributed by atoms with Gasteiger partial charge in [0.05, 0.1) is 4.90 Å². The highest BCUT2D eigenvalue weighted by Crippen LogP contribution is 2.43. The van der Waals surface area contributed by atoms with Crippen LogP contribution in [0.3, 0.4) is 0 Å². The van der Waals surface area contributed by atoms with Crippen molar-refractivity contribution in [3.05, 3.63) is 84.4 Å². The fourth-order valence-corrected chi connectivity index (χ4v) is 3.73. The lowest BCUT2D eigenvalue weighted by molar-refractivity contribution is 0.625. The Kier molecular flexibility index (Phi) is 3.68. The second-order valence-corrected chi connectivity index (χ2v) is 6.62. The summed E-state index contributed by atoms with van der Waals surface area (Å²) >= 11 is 1.76. The SMILES string of the molecule is Cc1ccc2oc(-c3ccccc3)c(Sc3ccccc3)c2c1. The Labute approximate surface area is 140 Å². The molecule has 0 aliphatic heterocycles. The van der Waals surface area contributed by atoms with Crippen LogP contribution in [0.25, 0.3) is 22.3 Å². The molecule has 2 heteroatoms. The Balaban J connectivity index is 1.93. The van der Waals surface area contributed by atoms with Gasteiger partial charge in [0, 0.05) is 15.8 Å². The molecule has 0 radical (unpaired) electrons. The quantitative estimate of drug-likeness (QED) is 0.424. The molecule has 0 N–H and O–H groups in total. The molecule has 0 amide bonds. The summed E-state index contributed by atoms with van der Waals surface area (Å²) in [6.45, 7) is 2.12. The molecule has 1 aromatic heterocycles. The minimum atomic E-state index is 0.938. The summed E-state index contributed by atoms with van der Waals surface area (Å²) in [5.74, 6) is 0.944. The Morgan fingerprint density at radius 2 is 1.48 bits per heavy atom. The molecule has 0 aliphatic rings. The smallest absolute Gasteiger partial charge is 0.149 e. The Hall–Kier alpha value is -2.45. The molecule has 0 saturated carbocycles. The topological polar surface area (TPSA) is 13.1 Å². The van der Waals surface area contributed by atoms with Crippen LogP contribution in [0.4, 0.5) is 0 Å². The van der Waals surface area contributed by atoms with Crippen molar-refractivity contribution in [1.82, 2.24) is 0 Å². The summed E-state index contributed by atoms with van der Waals surface area (Å²) in [6.07, 6.45) is 0. The largest absolute Gasteiger partial charge is 0.455 e. The first-order valence-electron chi connectivity index (χ1n) is 7.63. The van der Waals surface area contributed by atoms with E-state index in [9.17, 15) is 0 Å². The second-order valence-electron chi connectivity index (χ2n) is 5.54. The molecular weight excluding hydrogens is 300 g/mol. The number of benzene rings is 3. The van der Waals surface area contributed by atoms with E-state index in [1.807, 2.05) is 24.3 Å². The van der Waals surface area contributed by atoms with E-state index in [1.54, 1.807) is 11.8 Å². The molecule has 0 fully saturated rings. The number of furan rings is 1. The van der Waals surface area contributed by atoms with Gasteiger partial charge < -0.3 is 4.42 Å². The zero-order valence-corrected chi connectivity index (χ0v) is 13.6. The summed E-state index contributed by atoms with van der Waals surface area (Å²) in [7, 11) is 0. The van der Waals surface area contributed by atoms with Gasteiger partial charge in [0.2, 0.25) is 0 Å². The van der Waals surface area contributed by atoms with E-state index in [4.69, 9.17) is 4.42 Å². The lowest BCUT2D eigenvalue weighted by Crippen LogP contribution is -1.78. The van der Waals surface area contributed by atoms with Gasteiger partial charge in [-0.15, -0.1) is 0 Å². The normalized spacial score (nSPS) is 11.0. The summed E-state index contributed by atoms with van der Waals surface area (Å²) in [5.41, 5.74) is 3.29. The predicted octanol–water partition coefficient (Wildman–Crippen LogP) is 6.56. The molecule has 0 unspecified atom stereocenters. The van der Waals surface area contributed by atoms with Gasteiger partial charge in [-0.1, -0.05) is 71.9 Å². The number of aryl methyl sites for hydroxylation is 1. The molecule has 0 aliphatic carbocycles. The van der Waals surface area contributed by atoms with E-state index in [-0.39, 0.29) is 0 Å². The van der Waals surface area contributed by atoms with Gasteiger partial charge >= 0.3 is 0 Å². The van der Waals surface area contributed by atoms with Gasteiger partial charge in [0.25, 0.3) is 0 Å². The van der Waals surface area contributed by atoms with Crippen molar-refractivity contribution >= 4 is 22.7 Å². The van der Waals surface area contributed by atoms with Crippen molar-refractivity contribution in [2.24, 2.45) is 0 Å². The van der Waals surface area contributed by atoms with E-state index in [0.717, 1.165) is 16.9 Å². The highest BCUT2D eigenvalue weighted by atomic mass is 32.2. The Morgan fingerprint density at radius 1 is 0.783 bits per heavy atom. The van der Waals surface area contributed by atoms with Crippen LogP contribution in [0.5, 0.6) is 0 Å². The zero-order chi connectivity index (χ0) is 15.6. The standard InChI is InChI=1S/C21H16OS/c1-15-12-13-19-18(14-15)21(23-17-10-6-3-7-11-17)20(22-19)16-8-4-2-5-9-16/h2-14H,1H3. The van der Waals surface area contributed by atoms with Crippen molar-refractivity contribution in [3.63, 3.8) is 0 Å². The molecule has 4 rings (SSSR count). The molecule has 3 aromatic carbocycles. The van der Waals surface area contributed by atoms with E-state index in [2.05, 4.69) is 61.5 Å². The van der Waals surface area contributed by atoms with E-state index in [0.29, 0.717) is 0 Å². The molecule has 112 valence electrons. The van der Waals surface area contributed by atoms with E-state index < -0.39 is 0 Å². The maximum Gasteiger partial charge on any atom is 0.149 e. The summed E-state index contributed by atoms with van der Waals surface area (Å²) in [5, 5.41) is 1.18. The summed E-state index contributed by atoms with van der Waals surface area (Å²) in [4.78, 5) is 2.40. The minimum absolute atomic E-state index is 0.938. The first-order chi connectivity index (χ1) is 11.3. The van der Waals surface area contributed by atoms with Crippen LogP contribution in [0, 0.1) is 6.92 Å². The van der Waals surface area contributed by atoms with Crippen molar-refractivity contribution in [2.45, 2.75) is 16.7 Å². The number of rotatable bonds is 3. The average molecular weight is 316 g/mol. The maximum absolute atomic E-state index is 6.19. The first-order valence-corrected chi connectivity index (χ1v) is 8.44. The third kappa shape index (κ3) is 2.78. The van der Waals surface area contributed by atoms with Crippen LogP contribution in [-0.4, -0.2) is 0 Å². The number of fused-ring (bicyclic) bond motifs is 1. The van der Waals surface area contributed by atoms with Gasteiger partial charge in [0.15, 0.2) is 0 Å². The van der Waals surface area contributed by atoms with Crippen molar-refractivity contribution in [2.75, 3.05) is 0 Å².